The van der Waals surface area contributed by atoms with E-state index in [1.165, 1.54) is 6.07 Å². The third-order valence-electron chi connectivity index (χ3n) is 5.35. The first-order chi connectivity index (χ1) is 16.8. The molecule has 3 aromatic rings. The molecule has 180 valence electrons. The molecule has 0 aliphatic carbocycles. The van der Waals surface area contributed by atoms with Crippen molar-refractivity contribution in [2.75, 3.05) is 18.5 Å². The lowest BCUT2D eigenvalue weighted by Crippen LogP contribution is -2.26. The summed E-state index contributed by atoms with van der Waals surface area (Å²) in [5.41, 5.74) is 9.43. The Hall–Kier alpha value is -3.70. The second-order valence-corrected chi connectivity index (χ2v) is 8.85. The molecule has 2 amide bonds. The number of benzene rings is 2. The Balaban J connectivity index is 1.79. The fourth-order valence-corrected chi connectivity index (χ4v) is 4.54. The van der Waals surface area contributed by atoms with Crippen molar-refractivity contribution in [1.82, 2.24) is 15.2 Å². The Kier molecular flexibility index (Phi) is 7.17. The van der Waals surface area contributed by atoms with Crippen molar-refractivity contribution in [2.45, 2.75) is 12.8 Å². The summed E-state index contributed by atoms with van der Waals surface area (Å²) in [4.78, 5) is 42.4. The number of aromatic nitrogens is 2. The molecule has 0 bridgehead atoms. The van der Waals surface area contributed by atoms with E-state index in [0.717, 1.165) is 29.3 Å². The van der Waals surface area contributed by atoms with Crippen molar-refractivity contribution in [1.29, 1.82) is 0 Å². The Morgan fingerprint density at radius 2 is 1.94 bits per heavy atom. The minimum Gasteiger partial charge on any atom is -0.476 e. The van der Waals surface area contributed by atoms with Crippen LogP contribution in [0, 0.1) is 0 Å². The van der Waals surface area contributed by atoms with Crippen LogP contribution in [0.5, 0.6) is 0 Å². The van der Waals surface area contributed by atoms with Gasteiger partial charge in [0.2, 0.25) is 5.91 Å². The van der Waals surface area contributed by atoms with Gasteiger partial charge in [0.15, 0.2) is 5.69 Å². The van der Waals surface area contributed by atoms with E-state index in [0.29, 0.717) is 18.4 Å². The quantitative estimate of drug-likeness (QED) is 0.333. The van der Waals surface area contributed by atoms with E-state index >= 15 is 0 Å². The summed E-state index contributed by atoms with van der Waals surface area (Å²) in [7, 11) is 0. The van der Waals surface area contributed by atoms with Crippen LogP contribution in [-0.2, 0) is 6.42 Å². The van der Waals surface area contributed by atoms with E-state index in [4.69, 9.17) is 17.3 Å². The van der Waals surface area contributed by atoms with Gasteiger partial charge in [0.25, 0.3) is 5.91 Å². The fourth-order valence-electron chi connectivity index (χ4n) is 3.69. The number of amides is 2. The van der Waals surface area contributed by atoms with Crippen LogP contribution >= 0.6 is 27.5 Å². The zero-order valence-corrected chi connectivity index (χ0v) is 20.6. The van der Waals surface area contributed by atoms with Crippen molar-refractivity contribution >= 4 is 51.2 Å². The summed E-state index contributed by atoms with van der Waals surface area (Å²) in [5.74, 6) is -1.77. The molecular formula is C23H20BrClN6O4. The predicted molar refractivity (Wildman–Crippen MR) is 135 cm³/mol. The highest BCUT2D eigenvalue weighted by Gasteiger charge is 2.27. The van der Waals surface area contributed by atoms with Gasteiger partial charge in [-0.25, -0.2) is 10.2 Å². The number of aryl methyl sites for hydroxylation is 1. The SMILES string of the molecule is NC(=O)c1ccc(CCC2=NCCN2)cc1-c1c(Br)c(C(=O)O)nn1NC(=O)c1ccccc1Cl. The van der Waals surface area contributed by atoms with Crippen molar-refractivity contribution in [3.05, 3.63) is 74.3 Å². The summed E-state index contributed by atoms with van der Waals surface area (Å²) >= 11 is 9.41. The molecule has 1 aliphatic heterocycles. The first kappa shape index (κ1) is 24.4. The molecule has 0 saturated carbocycles. The number of hydrogen-bond acceptors (Lipinski definition) is 6. The topological polar surface area (TPSA) is 152 Å². The number of amidine groups is 1. The summed E-state index contributed by atoms with van der Waals surface area (Å²) in [5, 5.41) is 17.1. The van der Waals surface area contributed by atoms with Crippen LogP contribution < -0.4 is 16.5 Å². The van der Waals surface area contributed by atoms with Crippen LogP contribution in [0.25, 0.3) is 11.3 Å². The number of nitrogens with zero attached hydrogens (tertiary/aromatic N) is 3. The van der Waals surface area contributed by atoms with Gasteiger partial charge in [-0.3, -0.25) is 14.6 Å². The number of carbonyl (C=O) groups is 3. The first-order valence-electron chi connectivity index (χ1n) is 10.5. The largest absolute Gasteiger partial charge is 0.476 e. The first-order valence-corrected chi connectivity index (χ1v) is 11.7. The maximum atomic E-state index is 12.9. The number of halogens is 2. The molecule has 10 nitrogen and oxygen atoms in total. The summed E-state index contributed by atoms with van der Waals surface area (Å²) in [6.07, 6.45) is 1.28. The third-order valence-corrected chi connectivity index (χ3v) is 6.44. The molecule has 5 N–H and O–H groups in total. The molecule has 0 atom stereocenters. The van der Waals surface area contributed by atoms with Crippen molar-refractivity contribution < 1.29 is 19.5 Å². The van der Waals surface area contributed by atoms with Gasteiger partial charge < -0.3 is 16.2 Å². The molecule has 12 heteroatoms. The van der Waals surface area contributed by atoms with Gasteiger partial charge in [-0.05, 0) is 52.2 Å². The highest BCUT2D eigenvalue weighted by Crippen LogP contribution is 2.34. The third kappa shape index (κ3) is 5.20. The van der Waals surface area contributed by atoms with Gasteiger partial charge >= 0.3 is 5.97 Å². The Morgan fingerprint density at radius 1 is 1.17 bits per heavy atom. The monoisotopic (exact) mass is 558 g/mol. The van der Waals surface area contributed by atoms with Crippen molar-refractivity contribution in [3.63, 3.8) is 0 Å². The molecule has 0 unspecified atom stereocenters. The maximum absolute atomic E-state index is 12.9. The van der Waals surface area contributed by atoms with Crippen LogP contribution in [0.2, 0.25) is 5.02 Å². The number of hydrogen-bond donors (Lipinski definition) is 4. The minimum atomic E-state index is -1.33. The maximum Gasteiger partial charge on any atom is 0.357 e. The molecule has 1 aliphatic rings. The zero-order valence-electron chi connectivity index (χ0n) is 18.2. The number of rotatable bonds is 8. The van der Waals surface area contributed by atoms with E-state index in [9.17, 15) is 19.5 Å². The van der Waals surface area contributed by atoms with E-state index in [1.54, 1.807) is 36.4 Å². The van der Waals surface area contributed by atoms with Gasteiger partial charge in [0.1, 0.15) is 5.69 Å². The highest BCUT2D eigenvalue weighted by molar-refractivity contribution is 9.10. The van der Waals surface area contributed by atoms with E-state index in [-0.39, 0.29) is 32.0 Å². The van der Waals surface area contributed by atoms with Gasteiger partial charge in [0.05, 0.1) is 27.4 Å². The summed E-state index contributed by atoms with van der Waals surface area (Å²) in [6.45, 7) is 1.53. The van der Waals surface area contributed by atoms with E-state index < -0.39 is 17.8 Å². The van der Waals surface area contributed by atoms with E-state index in [2.05, 4.69) is 36.8 Å². The normalized spacial score (nSPS) is 12.7. The molecule has 0 spiro atoms. The molecule has 0 fully saturated rings. The van der Waals surface area contributed by atoms with Crippen LogP contribution in [0.1, 0.15) is 43.2 Å². The van der Waals surface area contributed by atoms with Crippen LogP contribution in [0.3, 0.4) is 0 Å². The fraction of sp³-hybridized carbons (Fsp3) is 0.174. The Bertz CT molecular complexity index is 1370. The van der Waals surface area contributed by atoms with Crippen LogP contribution in [-0.4, -0.2) is 51.7 Å². The number of aromatic carboxylic acids is 1. The second kappa shape index (κ2) is 10.3. The summed E-state index contributed by atoms with van der Waals surface area (Å²) < 4.78 is 0.0749. The lowest BCUT2D eigenvalue weighted by Gasteiger charge is -2.14. The zero-order chi connectivity index (χ0) is 25.1. The lowest BCUT2D eigenvalue weighted by atomic mass is 9.98. The van der Waals surface area contributed by atoms with Crippen LogP contribution in [0.15, 0.2) is 51.9 Å². The van der Waals surface area contributed by atoms with Gasteiger partial charge in [-0.15, -0.1) is 5.10 Å². The van der Waals surface area contributed by atoms with E-state index in [1.807, 2.05) is 0 Å². The number of nitrogens with one attached hydrogen (secondary N) is 2. The molecule has 35 heavy (non-hydrogen) atoms. The van der Waals surface area contributed by atoms with Crippen LogP contribution in [0.4, 0.5) is 0 Å². The number of nitrogens with two attached hydrogens (primary N) is 1. The standard InChI is InChI=1S/C23H20BrClN6O4/c24-18-19(23(34)35)29-31(30-22(33)14-3-1-2-4-16(14)25)20(18)15-11-12(5-7-13(15)21(26)32)6-8-17-27-9-10-28-17/h1-5,7,11H,6,8-10H2,(H2,26,32)(H,27,28)(H,30,33)(H,34,35). The number of carboxylic acids is 1. The highest BCUT2D eigenvalue weighted by atomic mass is 79.9. The molecule has 4 rings (SSSR count). The summed E-state index contributed by atoms with van der Waals surface area (Å²) in [6, 6.07) is 11.4. The predicted octanol–water partition coefficient (Wildman–Crippen LogP) is 3.08. The van der Waals surface area contributed by atoms with Gasteiger partial charge in [0, 0.05) is 24.1 Å². The minimum absolute atomic E-state index is 0.0749. The Morgan fingerprint density at radius 3 is 2.60 bits per heavy atom. The van der Waals surface area contributed by atoms with Gasteiger partial charge in [-0.1, -0.05) is 29.8 Å². The lowest BCUT2D eigenvalue weighted by molar-refractivity contribution is 0.0687. The van der Waals surface area contributed by atoms with Crippen molar-refractivity contribution in [3.8, 4) is 11.3 Å². The molecule has 0 saturated heterocycles. The number of aliphatic imine (C=N–C) groups is 1. The smallest absolute Gasteiger partial charge is 0.357 e. The van der Waals surface area contributed by atoms with Crippen molar-refractivity contribution in [2.24, 2.45) is 10.7 Å². The average Bonchev–Trinajstić information content (AvgIpc) is 3.45. The number of primary amides is 1. The number of carboxylic acid groups (broad SMARTS) is 1. The molecule has 0 radical (unpaired) electrons. The molecular weight excluding hydrogens is 540 g/mol. The Labute approximate surface area is 213 Å². The number of carbonyl (C=O) groups excluding carboxylic acids is 2. The van der Waals surface area contributed by atoms with Gasteiger partial charge in [-0.2, -0.15) is 4.79 Å². The molecule has 2 heterocycles. The second-order valence-electron chi connectivity index (χ2n) is 7.65. The average molecular weight is 560 g/mol. The molecule has 1 aromatic heterocycles. The molecule has 2 aromatic carbocycles.